The standard InChI is InChI=1S/C27H33N3O2.C2HF3O2/c28-26(22-11-4-5-12-22)27(32)29-23(15-14-20-8-2-1-3-9-20)16-17-25(31)30-19-18-21-10-6-7-13-24(21)30;3-2(4,5)1(6)7/h1-3,6-10,13,16-17,22-23,26H,4-5,11-12,14-15,18-19,28H2,(H,29,32);(H,6,7)/t23-,26-;/m0./s1. The Morgan fingerprint density at radius 1 is 1.05 bits per heavy atom. The molecule has 1 fully saturated rings. The zero-order chi connectivity index (χ0) is 28.4. The highest BCUT2D eigenvalue weighted by molar-refractivity contribution is 6.03. The molecule has 0 radical (unpaired) electrons. The van der Waals surface area contributed by atoms with E-state index in [0.717, 1.165) is 44.2 Å². The summed E-state index contributed by atoms with van der Waals surface area (Å²) in [5.41, 5.74) is 9.67. The van der Waals surface area contributed by atoms with Crippen LogP contribution in [0.2, 0.25) is 0 Å². The number of carbonyl (C=O) groups is 3. The van der Waals surface area contributed by atoms with Crippen LogP contribution in [0.5, 0.6) is 0 Å². The molecule has 39 heavy (non-hydrogen) atoms. The van der Waals surface area contributed by atoms with Crippen LogP contribution in [0.4, 0.5) is 18.9 Å². The van der Waals surface area contributed by atoms with Crippen molar-refractivity contribution in [3.05, 3.63) is 77.9 Å². The quantitative estimate of drug-likeness (QED) is 0.426. The summed E-state index contributed by atoms with van der Waals surface area (Å²) >= 11 is 0. The van der Waals surface area contributed by atoms with Crippen molar-refractivity contribution in [1.29, 1.82) is 0 Å². The molecule has 10 heteroatoms. The Hall–Kier alpha value is -3.66. The second-order valence-corrected chi connectivity index (χ2v) is 9.74. The lowest BCUT2D eigenvalue weighted by atomic mass is 9.97. The lowest BCUT2D eigenvalue weighted by Crippen LogP contribution is -2.48. The molecule has 4 rings (SSSR count). The zero-order valence-corrected chi connectivity index (χ0v) is 21.6. The van der Waals surface area contributed by atoms with Crippen molar-refractivity contribution in [2.24, 2.45) is 11.7 Å². The van der Waals surface area contributed by atoms with Gasteiger partial charge >= 0.3 is 12.1 Å². The number of carboxylic acids is 1. The fourth-order valence-electron chi connectivity index (χ4n) is 4.85. The predicted octanol–water partition coefficient (Wildman–Crippen LogP) is 4.40. The minimum absolute atomic E-state index is 0.0472. The molecule has 2 aromatic carbocycles. The molecule has 210 valence electrons. The van der Waals surface area contributed by atoms with Crippen molar-refractivity contribution in [1.82, 2.24) is 5.32 Å². The molecule has 4 N–H and O–H groups in total. The van der Waals surface area contributed by atoms with Gasteiger partial charge in [0.2, 0.25) is 5.91 Å². The van der Waals surface area contributed by atoms with Gasteiger partial charge in [0.25, 0.3) is 5.91 Å². The first kappa shape index (κ1) is 29.9. The third-order valence-corrected chi connectivity index (χ3v) is 6.99. The van der Waals surface area contributed by atoms with E-state index in [1.807, 2.05) is 47.4 Å². The predicted molar refractivity (Wildman–Crippen MR) is 142 cm³/mol. The number of hydrogen-bond acceptors (Lipinski definition) is 4. The number of hydrogen-bond donors (Lipinski definition) is 3. The Balaban J connectivity index is 0.000000532. The highest BCUT2D eigenvalue weighted by atomic mass is 19.4. The fourth-order valence-corrected chi connectivity index (χ4v) is 4.85. The molecule has 0 saturated heterocycles. The maximum Gasteiger partial charge on any atom is 0.490 e. The Morgan fingerprint density at radius 3 is 2.31 bits per heavy atom. The molecule has 1 heterocycles. The summed E-state index contributed by atoms with van der Waals surface area (Å²) in [4.78, 5) is 36.5. The smallest absolute Gasteiger partial charge is 0.475 e. The molecule has 0 aromatic heterocycles. The number of aliphatic carboxylic acids is 1. The number of nitrogens with two attached hydrogens (primary N) is 1. The summed E-state index contributed by atoms with van der Waals surface area (Å²) in [7, 11) is 0. The number of carbonyl (C=O) groups excluding carboxylic acids is 2. The highest BCUT2D eigenvalue weighted by Crippen LogP contribution is 2.28. The number of amides is 2. The average molecular weight is 546 g/mol. The van der Waals surface area contributed by atoms with Gasteiger partial charge in [0, 0.05) is 24.4 Å². The number of carboxylic acid groups (broad SMARTS) is 1. The molecule has 0 bridgehead atoms. The number of nitrogens with zero attached hydrogens (tertiary/aromatic N) is 1. The van der Waals surface area contributed by atoms with E-state index in [9.17, 15) is 22.8 Å². The van der Waals surface area contributed by atoms with Crippen molar-refractivity contribution in [2.75, 3.05) is 11.4 Å². The van der Waals surface area contributed by atoms with Crippen LogP contribution < -0.4 is 16.0 Å². The van der Waals surface area contributed by atoms with E-state index in [-0.39, 0.29) is 23.8 Å². The molecule has 2 aliphatic rings. The van der Waals surface area contributed by atoms with Gasteiger partial charge in [0.15, 0.2) is 0 Å². The number of rotatable bonds is 8. The maximum absolute atomic E-state index is 12.9. The van der Waals surface area contributed by atoms with E-state index >= 15 is 0 Å². The number of halogens is 3. The molecule has 0 unspecified atom stereocenters. The number of para-hydroxylation sites is 1. The van der Waals surface area contributed by atoms with Crippen molar-refractivity contribution in [3.8, 4) is 0 Å². The number of nitrogens with one attached hydrogen (secondary N) is 1. The van der Waals surface area contributed by atoms with Crippen LogP contribution in [-0.2, 0) is 27.2 Å². The van der Waals surface area contributed by atoms with Crippen molar-refractivity contribution in [2.45, 2.75) is 63.2 Å². The van der Waals surface area contributed by atoms with Gasteiger partial charge in [0.1, 0.15) is 0 Å². The van der Waals surface area contributed by atoms with Gasteiger partial charge in [-0.3, -0.25) is 9.59 Å². The number of benzene rings is 2. The maximum atomic E-state index is 12.9. The second-order valence-electron chi connectivity index (χ2n) is 9.74. The van der Waals surface area contributed by atoms with Gasteiger partial charge in [0.05, 0.1) is 6.04 Å². The van der Waals surface area contributed by atoms with Gasteiger partial charge in [-0.1, -0.05) is 67.4 Å². The summed E-state index contributed by atoms with van der Waals surface area (Å²) in [5, 5.41) is 10.2. The van der Waals surface area contributed by atoms with Crippen LogP contribution in [0.3, 0.4) is 0 Å². The van der Waals surface area contributed by atoms with Gasteiger partial charge in [-0.15, -0.1) is 0 Å². The second kappa shape index (κ2) is 13.9. The van der Waals surface area contributed by atoms with E-state index < -0.39 is 18.2 Å². The van der Waals surface area contributed by atoms with E-state index in [0.29, 0.717) is 13.0 Å². The lowest BCUT2D eigenvalue weighted by Gasteiger charge is -2.22. The molecule has 7 nitrogen and oxygen atoms in total. The van der Waals surface area contributed by atoms with Crippen molar-refractivity contribution in [3.63, 3.8) is 0 Å². The van der Waals surface area contributed by atoms with Crippen LogP contribution in [0.15, 0.2) is 66.7 Å². The topological polar surface area (TPSA) is 113 Å². The van der Waals surface area contributed by atoms with Crippen molar-refractivity contribution < 1.29 is 32.7 Å². The van der Waals surface area contributed by atoms with E-state index in [1.165, 1.54) is 11.1 Å². The molecule has 2 atom stereocenters. The molecular formula is C29H34F3N3O4. The highest BCUT2D eigenvalue weighted by Gasteiger charge is 2.38. The largest absolute Gasteiger partial charge is 0.490 e. The molecular weight excluding hydrogens is 511 g/mol. The first-order chi connectivity index (χ1) is 18.6. The normalized spacial score (nSPS) is 16.8. The molecule has 0 spiro atoms. The Kier molecular flexibility index (Phi) is 10.7. The Bertz CT molecular complexity index is 1150. The number of fused-ring (bicyclic) bond motifs is 1. The minimum atomic E-state index is -5.08. The number of aryl methyl sites for hydroxylation is 1. The summed E-state index contributed by atoms with van der Waals surface area (Å²) in [5.74, 6) is -2.66. The van der Waals surface area contributed by atoms with Gasteiger partial charge in [-0.25, -0.2) is 4.79 Å². The zero-order valence-electron chi connectivity index (χ0n) is 21.6. The van der Waals surface area contributed by atoms with E-state index in [2.05, 4.69) is 23.5 Å². The van der Waals surface area contributed by atoms with Gasteiger partial charge < -0.3 is 21.1 Å². The first-order valence-electron chi connectivity index (χ1n) is 13.0. The van der Waals surface area contributed by atoms with Crippen LogP contribution in [-0.4, -0.2) is 47.7 Å². The molecule has 1 saturated carbocycles. The van der Waals surface area contributed by atoms with Crippen LogP contribution in [0, 0.1) is 5.92 Å². The first-order valence-corrected chi connectivity index (χ1v) is 13.0. The Morgan fingerprint density at radius 2 is 1.67 bits per heavy atom. The average Bonchev–Trinajstić information content (AvgIpc) is 3.60. The number of anilines is 1. The SMILES string of the molecule is N[C@H](C(=O)N[C@H](C=CC(=O)N1CCc2ccccc21)CCc1ccccc1)C1CCCC1.O=C(O)C(F)(F)F. The number of alkyl halides is 3. The van der Waals surface area contributed by atoms with E-state index in [1.54, 1.807) is 6.08 Å². The van der Waals surface area contributed by atoms with E-state index in [4.69, 9.17) is 15.6 Å². The molecule has 2 aromatic rings. The summed E-state index contributed by atoms with van der Waals surface area (Å²) in [6, 6.07) is 17.5. The Labute approximate surface area is 225 Å². The monoisotopic (exact) mass is 545 g/mol. The van der Waals surface area contributed by atoms with Crippen LogP contribution in [0.25, 0.3) is 0 Å². The summed E-state index contributed by atoms with van der Waals surface area (Å²) < 4.78 is 31.7. The summed E-state index contributed by atoms with van der Waals surface area (Å²) in [6.45, 7) is 0.691. The van der Waals surface area contributed by atoms with Crippen LogP contribution >= 0.6 is 0 Å². The molecule has 1 aliphatic heterocycles. The third-order valence-electron chi connectivity index (χ3n) is 6.99. The molecule has 1 aliphatic carbocycles. The summed E-state index contributed by atoms with van der Waals surface area (Å²) in [6.07, 6.45) is 5.11. The van der Waals surface area contributed by atoms with Crippen molar-refractivity contribution >= 4 is 23.5 Å². The molecule has 2 amide bonds. The van der Waals surface area contributed by atoms with Crippen LogP contribution in [0.1, 0.15) is 43.2 Å². The minimum Gasteiger partial charge on any atom is -0.475 e. The van der Waals surface area contributed by atoms with Gasteiger partial charge in [-0.2, -0.15) is 13.2 Å². The lowest BCUT2D eigenvalue weighted by molar-refractivity contribution is -0.192. The van der Waals surface area contributed by atoms with Gasteiger partial charge in [-0.05, 0) is 55.2 Å². The third kappa shape index (κ3) is 8.95. The fraction of sp³-hybridized carbons (Fsp3) is 0.414.